The molecule has 0 saturated carbocycles. The van der Waals surface area contributed by atoms with Crippen LogP contribution in [0.3, 0.4) is 0 Å². The molecule has 0 aliphatic heterocycles. The van der Waals surface area contributed by atoms with Crippen molar-refractivity contribution in [3.8, 4) is 6.07 Å². The van der Waals surface area contributed by atoms with Crippen molar-refractivity contribution in [2.75, 3.05) is 0 Å². The largest absolute Gasteiger partial charge is 0.389 e. The second-order valence-electron chi connectivity index (χ2n) is 2.94. The van der Waals surface area contributed by atoms with Gasteiger partial charge in [-0.25, -0.2) is 0 Å². The number of rotatable bonds is 2. The minimum atomic E-state index is -0.252. The van der Waals surface area contributed by atoms with E-state index in [1.165, 1.54) is 5.57 Å². The van der Waals surface area contributed by atoms with Crippen LogP contribution >= 0.6 is 0 Å². The van der Waals surface area contributed by atoms with E-state index in [2.05, 4.69) is 6.07 Å². The maximum absolute atomic E-state index is 9.22. The minimum absolute atomic E-state index is 0.252. The Morgan fingerprint density at radius 2 is 2.55 bits per heavy atom. The summed E-state index contributed by atoms with van der Waals surface area (Å²) in [5.74, 6) is 0. The van der Waals surface area contributed by atoms with E-state index < -0.39 is 0 Å². The maximum Gasteiger partial charge on any atom is 0.0723 e. The predicted molar refractivity (Wildman–Crippen MR) is 42.8 cm³/mol. The molecule has 0 spiro atoms. The van der Waals surface area contributed by atoms with E-state index in [1.54, 1.807) is 0 Å². The molecule has 0 fully saturated rings. The Labute approximate surface area is 67.2 Å². The van der Waals surface area contributed by atoms with Crippen LogP contribution in [0.5, 0.6) is 0 Å². The fourth-order valence-electron chi connectivity index (χ4n) is 1.40. The molecule has 0 radical (unpaired) electrons. The number of nitriles is 1. The predicted octanol–water partition coefficient (Wildman–Crippen LogP) is 1.76. The molecule has 1 rings (SSSR count). The molecule has 0 bridgehead atoms. The number of hydrogen-bond acceptors (Lipinski definition) is 2. The lowest BCUT2D eigenvalue weighted by Crippen LogP contribution is -2.08. The topological polar surface area (TPSA) is 44.0 Å². The molecule has 1 unspecified atom stereocenters. The summed E-state index contributed by atoms with van der Waals surface area (Å²) in [5, 5.41) is 17.5. The second-order valence-corrected chi connectivity index (χ2v) is 2.94. The van der Waals surface area contributed by atoms with Crippen LogP contribution in [-0.4, -0.2) is 11.2 Å². The van der Waals surface area contributed by atoms with Crippen molar-refractivity contribution in [3.63, 3.8) is 0 Å². The van der Waals surface area contributed by atoms with Crippen LogP contribution in [0.4, 0.5) is 0 Å². The third-order valence-electron chi connectivity index (χ3n) is 1.98. The first-order chi connectivity index (χ1) is 5.33. The molecule has 1 aliphatic rings. The first-order valence-electron chi connectivity index (χ1n) is 4.07. The lowest BCUT2D eigenvalue weighted by Gasteiger charge is -2.15. The van der Waals surface area contributed by atoms with Crippen LogP contribution in [0.25, 0.3) is 0 Å². The van der Waals surface area contributed by atoms with E-state index in [9.17, 15) is 5.11 Å². The molecule has 1 atom stereocenters. The molecule has 2 nitrogen and oxygen atoms in total. The first kappa shape index (κ1) is 8.29. The Kier molecular flexibility index (Phi) is 3.13. The zero-order valence-electron chi connectivity index (χ0n) is 6.58. The van der Waals surface area contributed by atoms with Gasteiger partial charge >= 0.3 is 0 Å². The normalized spacial score (nSPS) is 24.0. The van der Waals surface area contributed by atoms with Gasteiger partial charge in [-0.3, -0.25) is 0 Å². The summed E-state index contributed by atoms with van der Waals surface area (Å²) < 4.78 is 0. The van der Waals surface area contributed by atoms with Gasteiger partial charge in [0, 0.05) is 6.42 Å². The monoisotopic (exact) mass is 151 g/mol. The van der Waals surface area contributed by atoms with Crippen molar-refractivity contribution in [1.29, 1.82) is 5.26 Å². The highest BCUT2D eigenvalue weighted by Crippen LogP contribution is 2.21. The number of nitrogens with zero attached hydrogens (tertiary/aromatic N) is 1. The van der Waals surface area contributed by atoms with Gasteiger partial charge in [0.2, 0.25) is 0 Å². The summed E-state index contributed by atoms with van der Waals surface area (Å²) in [6, 6.07) is 2.11. The number of hydrogen-bond donors (Lipinski definition) is 1. The van der Waals surface area contributed by atoms with E-state index >= 15 is 0 Å². The lowest BCUT2D eigenvalue weighted by molar-refractivity contribution is 0.201. The van der Waals surface area contributed by atoms with Crippen LogP contribution < -0.4 is 0 Å². The van der Waals surface area contributed by atoms with Crippen molar-refractivity contribution in [3.05, 3.63) is 11.6 Å². The van der Waals surface area contributed by atoms with Crippen LogP contribution in [0, 0.1) is 11.3 Å². The molecule has 0 amide bonds. The fraction of sp³-hybridized carbons (Fsp3) is 0.667. The molecular formula is C9H13NO. The van der Waals surface area contributed by atoms with Gasteiger partial charge in [-0.15, -0.1) is 0 Å². The van der Waals surface area contributed by atoms with Gasteiger partial charge in [-0.1, -0.05) is 11.6 Å². The van der Waals surface area contributed by atoms with Crippen LogP contribution in [0.15, 0.2) is 11.6 Å². The molecule has 0 aromatic heterocycles. The Hall–Kier alpha value is -0.810. The summed E-state index contributed by atoms with van der Waals surface area (Å²) in [7, 11) is 0. The van der Waals surface area contributed by atoms with Gasteiger partial charge in [-0.2, -0.15) is 5.26 Å². The van der Waals surface area contributed by atoms with Crippen molar-refractivity contribution in [2.24, 2.45) is 0 Å². The maximum atomic E-state index is 9.22. The Morgan fingerprint density at radius 3 is 3.18 bits per heavy atom. The summed E-state index contributed by atoms with van der Waals surface area (Å²) in [5.41, 5.74) is 1.25. The third kappa shape index (κ3) is 2.73. The summed E-state index contributed by atoms with van der Waals surface area (Å²) in [4.78, 5) is 0. The van der Waals surface area contributed by atoms with E-state index in [0.29, 0.717) is 6.42 Å². The quantitative estimate of drug-likeness (QED) is 0.611. The number of aliphatic hydroxyl groups excluding tert-OH is 1. The third-order valence-corrected chi connectivity index (χ3v) is 1.98. The minimum Gasteiger partial charge on any atom is -0.389 e. The Bertz CT molecular complexity index is 190. The molecule has 1 aliphatic carbocycles. The van der Waals surface area contributed by atoms with Gasteiger partial charge in [0.05, 0.1) is 12.2 Å². The summed E-state index contributed by atoms with van der Waals surface area (Å²) in [6.07, 6.45) is 6.10. The highest BCUT2D eigenvalue weighted by Gasteiger charge is 2.09. The van der Waals surface area contributed by atoms with Gasteiger partial charge in [-0.05, 0) is 25.7 Å². The zero-order chi connectivity index (χ0) is 8.10. The van der Waals surface area contributed by atoms with Crippen LogP contribution in [-0.2, 0) is 0 Å². The van der Waals surface area contributed by atoms with Gasteiger partial charge < -0.3 is 5.11 Å². The number of allylic oxidation sites excluding steroid dienone is 1. The van der Waals surface area contributed by atoms with Crippen LogP contribution in [0.1, 0.15) is 32.1 Å². The molecule has 0 saturated heterocycles. The molecular weight excluding hydrogens is 138 g/mol. The Balaban J connectivity index is 2.38. The molecule has 0 aromatic rings. The second kappa shape index (κ2) is 4.15. The van der Waals surface area contributed by atoms with E-state index in [4.69, 9.17) is 5.26 Å². The molecule has 0 heterocycles. The molecule has 1 N–H and O–H groups in total. The first-order valence-corrected chi connectivity index (χ1v) is 4.07. The average Bonchev–Trinajstić information content (AvgIpc) is 2.01. The van der Waals surface area contributed by atoms with Crippen LogP contribution in [0.2, 0.25) is 0 Å². The van der Waals surface area contributed by atoms with E-state index in [1.807, 2.05) is 6.08 Å². The SMILES string of the molecule is N#CCCC1=CC(O)CCC1. The average molecular weight is 151 g/mol. The lowest BCUT2D eigenvalue weighted by atomic mass is 9.95. The van der Waals surface area contributed by atoms with Gasteiger partial charge in [0.1, 0.15) is 0 Å². The van der Waals surface area contributed by atoms with E-state index in [0.717, 1.165) is 25.7 Å². The van der Waals surface area contributed by atoms with Crippen molar-refractivity contribution >= 4 is 0 Å². The van der Waals surface area contributed by atoms with E-state index in [-0.39, 0.29) is 6.10 Å². The van der Waals surface area contributed by atoms with Crippen molar-refractivity contribution in [1.82, 2.24) is 0 Å². The molecule has 2 heteroatoms. The Morgan fingerprint density at radius 1 is 1.73 bits per heavy atom. The summed E-state index contributed by atoms with van der Waals surface area (Å²) in [6.45, 7) is 0. The smallest absolute Gasteiger partial charge is 0.0723 e. The van der Waals surface area contributed by atoms with Crippen molar-refractivity contribution in [2.45, 2.75) is 38.2 Å². The fourth-order valence-corrected chi connectivity index (χ4v) is 1.40. The summed E-state index contributed by atoms with van der Waals surface area (Å²) >= 11 is 0. The molecule has 11 heavy (non-hydrogen) atoms. The van der Waals surface area contributed by atoms with Gasteiger partial charge in [0.15, 0.2) is 0 Å². The highest BCUT2D eigenvalue weighted by atomic mass is 16.3. The number of aliphatic hydroxyl groups is 1. The molecule has 60 valence electrons. The zero-order valence-corrected chi connectivity index (χ0v) is 6.58. The van der Waals surface area contributed by atoms with Crippen molar-refractivity contribution < 1.29 is 5.11 Å². The standard InChI is InChI=1S/C9H13NO/c10-6-2-4-8-3-1-5-9(11)7-8/h7,9,11H,1-5H2. The van der Waals surface area contributed by atoms with Gasteiger partial charge in [0.25, 0.3) is 0 Å². The molecule has 0 aromatic carbocycles. The highest BCUT2D eigenvalue weighted by molar-refractivity contribution is 5.09.